The monoisotopic (exact) mass is 221 g/mol. The van der Waals surface area contributed by atoms with Crippen LogP contribution in [0, 0.1) is 11.8 Å². The standard InChI is InChI=1S/C11H9F2N3/c12-9-3-1-8(2-4-9)6-14-11-5-10(13)15-7-16-11/h1-5,7H,6H2,(H,14,15,16). The number of hydrogen-bond acceptors (Lipinski definition) is 3. The summed E-state index contributed by atoms with van der Waals surface area (Å²) in [5.74, 6) is -0.467. The molecule has 0 aliphatic carbocycles. The number of aromatic nitrogens is 2. The molecule has 5 heteroatoms. The summed E-state index contributed by atoms with van der Waals surface area (Å²) in [6, 6.07) is 7.25. The van der Waals surface area contributed by atoms with Gasteiger partial charge in [0.2, 0.25) is 5.95 Å². The average molecular weight is 221 g/mol. The molecule has 0 bridgehead atoms. The fourth-order valence-corrected chi connectivity index (χ4v) is 1.23. The maximum Gasteiger partial charge on any atom is 0.217 e. The summed E-state index contributed by atoms with van der Waals surface area (Å²) in [7, 11) is 0. The molecular weight excluding hydrogens is 212 g/mol. The minimum Gasteiger partial charge on any atom is -0.366 e. The molecule has 0 aliphatic rings. The normalized spacial score (nSPS) is 10.1. The second-order valence-corrected chi connectivity index (χ2v) is 3.21. The first-order valence-electron chi connectivity index (χ1n) is 4.70. The summed E-state index contributed by atoms with van der Waals surface area (Å²) in [5.41, 5.74) is 0.889. The Morgan fingerprint density at radius 2 is 1.81 bits per heavy atom. The third kappa shape index (κ3) is 2.73. The van der Waals surface area contributed by atoms with E-state index in [-0.39, 0.29) is 5.82 Å². The first-order valence-corrected chi connectivity index (χ1v) is 4.70. The van der Waals surface area contributed by atoms with Crippen molar-refractivity contribution in [2.45, 2.75) is 6.54 Å². The molecule has 0 fully saturated rings. The molecule has 16 heavy (non-hydrogen) atoms. The predicted molar refractivity (Wildman–Crippen MR) is 55.7 cm³/mol. The van der Waals surface area contributed by atoms with Gasteiger partial charge in [-0.05, 0) is 17.7 Å². The fourth-order valence-electron chi connectivity index (χ4n) is 1.23. The molecule has 0 saturated heterocycles. The van der Waals surface area contributed by atoms with E-state index in [2.05, 4.69) is 15.3 Å². The van der Waals surface area contributed by atoms with Crippen LogP contribution in [0.3, 0.4) is 0 Å². The third-order valence-corrected chi connectivity index (χ3v) is 2.02. The van der Waals surface area contributed by atoms with Gasteiger partial charge in [0, 0.05) is 12.6 Å². The van der Waals surface area contributed by atoms with Crippen molar-refractivity contribution in [3.63, 3.8) is 0 Å². The van der Waals surface area contributed by atoms with Crippen LogP contribution in [0.4, 0.5) is 14.6 Å². The Labute approximate surface area is 91.2 Å². The van der Waals surface area contributed by atoms with Crippen molar-refractivity contribution in [1.29, 1.82) is 0 Å². The van der Waals surface area contributed by atoms with Crippen LogP contribution in [0.5, 0.6) is 0 Å². The lowest BCUT2D eigenvalue weighted by atomic mass is 10.2. The fraction of sp³-hybridized carbons (Fsp3) is 0.0909. The van der Waals surface area contributed by atoms with Gasteiger partial charge in [-0.3, -0.25) is 0 Å². The van der Waals surface area contributed by atoms with Gasteiger partial charge in [-0.25, -0.2) is 14.4 Å². The van der Waals surface area contributed by atoms with E-state index in [1.54, 1.807) is 12.1 Å². The summed E-state index contributed by atoms with van der Waals surface area (Å²) in [6.07, 6.45) is 1.14. The van der Waals surface area contributed by atoms with E-state index in [0.717, 1.165) is 11.9 Å². The molecule has 2 rings (SSSR count). The largest absolute Gasteiger partial charge is 0.366 e. The lowest BCUT2D eigenvalue weighted by Crippen LogP contribution is -2.02. The van der Waals surface area contributed by atoms with Crippen LogP contribution >= 0.6 is 0 Å². The third-order valence-electron chi connectivity index (χ3n) is 2.02. The zero-order valence-corrected chi connectivity index (χ0v) is 8.32. The van der Waals surface area contributed by atoms with Crippen LogP contribution < -0.4 is 5.32 Å². The van der Waals surface area contributed by atoms with Crippen molar-refractivity contribution in [1.82, 2.24) is 9.97 Å². The Kier molecular flexibility index (Phi) is 3.05. The summed E-state index contributed by atoms with van der Waals surface area (Å²) in [5, 5.41) is 2.91. The number of rotatable bonds is 3. The molecule has 0 saturated carbocycles. The van der Waals surface area contributed by atoms with Gasteiger partial charge in [-0.2, -0.15) is 4.39 Å². The highest BCUT2D eigenvalue weighted by Crippen LogP contribution is 2.07. The quantitative estimate of drug-likeness (QED) is 0.808. The highest BCUT2D eigenvalue weighted by molar-refractivity contribution is 5.33. The number of halogens is 2. The molecular formula is C11H9F2N3. The lowest BCUT2D eigenvalue weighted by molar-refractivity contribution is 0.580. The number of benzene rings is 1. The molecule has 1 N–H and O–H groups in total. The number of nitrogens with one attached hydrogen (secondary N) is 1. The topological polar surface area (TPSA) is 37.8 Å². The predicted octanol–water partition coefficient (Wildman–Crippen LogP) is 2.37. The minimum atomic E-state index is -0.586. The highest BCUT2D eigenvalue weighted by Gasteiger charge is 1.98. The maximum absolute atomic E-state index is 12.7. The molecule has 0 atom stereocenters. The number of nitrogens with zero attached hydrogens (tertiary/aromatic N) is 2. The average Bonchev–Trinajstić information content (AvgIpc) is 2.28. The van der Waals surface area contributed by atoms with Gasteiger partial charge < -0.3 is 5.32 Å². The van der Waals surface area contributed by atoms with Gasteiger partial charge in [-0.1, -0.05) is 12.1 Å². The molecule has 1 aromatic carbocycles. The number of anilines is 1. The van der Waals surface area contributed by atoms with Crippen molar-refractivity contribution in [2.75, 3.05) is 5.32 Å². The minimum absolute atomic E-state index is 0.281. The van der Waals surface area contributed by atoms with E-state index >= 15 is 0 Å². The van der Waals surface area contributed by atoms with Gasteiger partial charge in [0.25, 0.3) is 0 Å². The Hall–Kier alpha value is -2.04. The zero-order valence-electron chi connectivity index (χ0n) is 8.32. The van der Waals surface area contributed by atoms with Gasteiger partial charge in [-0.15, -0.1) is 0 Å². The molecule has 0 amide bonds. The molecule has 0 spiro atoms. The van der Waals surface area contributed by atoms with E-state index in [1.165, 1.54) is 18.2 Å². The van der Waals surface area contributed by atoms with Crippen molar-refractivity contribution in [3.8, 4) is 0 Å². The van der Waals surface area contributed by atoms with Gasteiger partial charge in [0.05, 0.1) is 0 Å². The van der Waals surface area contributed by atoms with Crippen LogP contribution in [0.1, 0.15) is 5.56 Å². The van der Waals surface area contributed by atoms with Crippen LogP contribution in [0.25, 0.3) is 0 Å². The summed E-state index contributed by atoms with van der Waals surface area (Å²) >= 11 is 0. The zero-order chi connectivity index (χ0) is 11.4. The van der Waals surface area contributed by atoms with Gasteiger partial charge >= 0.3 is 0 Å². The second-order valence-electron chi connectivity index (χ2n) is 3.21. The van der Waals surface area contributed by atoms with E-state index < -0.39 is 5.95 Å². The van der Waals surface area contributed by atoms with Crippen molar-refractivity contribution < 1.29 is 8.78 Å². The van der Waals surface area contributed by atoms with Crippen molar-refractivity contribution >= 4 is 5.82 Å². The van der Waals surface area contributed by atoms with Crippen molar-refractivity contribution in [3.05, 3.63) is 54.0 Å². The highest BCUT2D eigenvalue weighted by atomic mass is 19.1. The molecule has 3 nitrogen and oxygen atoms in total. The Bertz CT molecular complexity index is 471. The van der Waals surface area contributed by atoms with Crippen LogP contribution in [-0.2, 0) is 6.54 Å². The molecule has 0 radical (unpaired) electrons. The Morgan fingerprint density at radius 3 is 2.50 bits per heavy atom. The van der Waals surface area contributed by atoms with Gasteiger partial charge in [0.1, 0.15) is 18.0 Å². The Balaban J connectivity index is 1.99. The molecule has 82 valence electrons. The second kappa shape index (κ2) is 4.65. The molecule has 2 aromatic rings. The van der Waals surface area contributed by atoms with Crippen LogP contribution in [0.15, 0.2) is 36.7 Å². The van der Waals surface area contributed by atoms with E-state index in [1.807, 2.05) is 0 Å². The Morgan fingerprint density at radius 1 is 1.06 bits per heavy atom. The summed E-state index contributed by atoms with van der Waals surface area (Å²) in [6.45, 7) is 0.455. The maximum atomic E-state index is 12.7. The molecule has 0 unspecified atom stereocenters. The van der Waals surface area contributed by atoms with Crippen LogP contribution in [-0.4, -0.2) is 9.97 Å². The smallest absolute Gasteiger partial charge is 0.217 e. The van der Waals surface area contributed by atoms with E-state index in [9.17, 15) is 8.78 Å². The first-order chi connectivity index (χ1) is 7.74. The number of hydrogen-bond donors (Lipinski definition) is 1. The molecule has 0 aliphatic heterocycles. The summed E-state index contributed by atoms with van der Waals surface area (Å²) in [4.78, 5) is 7.17. The van der Waals surface area contributed by atoms with Crippen molar-refractivity contribution in [2.24, 2.45) is 0 Å². The van der Waals surface area contributed by atoms with E-state index in [0.29, 0.717) is 12.4 Å². The SMILES string of the molecule is Fc1ccc(CNc2cc(F)ncn2)cc1. The van der Waals surface area contributed by atoms with Crippen LogP contribution in [0.2, 0.25) is 0 Å². The summed E-state index contributed by atoms with van der Waals surface area (Å²) < 4.78 is 25.3. The van der Waals surface area contributed by atoms with E-state index in [4.69, 9.17) is 0 Å². The molecule has 1 aromatic heterocycles. The first kappa shape index (κ1) is 10.5. The lowest BCUT2D eigenvalue weighted by Gasteiger charge is -2.04. The van der Waals surface area contributed by atoms with Gasteiger partial charge in [0.15, 0.2) is 0 Å². The molecule has 1 heterocycles.